The zero-order chi connectivity index (χ0) is 18.4. The highest BCUT2D eigenvalue weighted by atomic mass is 16.6. The van der Waals surface area contributed by atoms with Gasteiger partial charge in [0.1, 0.15) is 6.61 Å². The minimum atomic E-state index is -0.598. The summed E-state index contributed by atoms with van der Waals surface area (Å²) in [6, 6.07) is 10.1. The number of hydrogen-bond acceptors (Lipinski definition) is 3. The molecule has 0 radical (unpaired) electrons. The number of rotatable bonds is 7. The number of nitrogens with zero attached hydrogens (tertiary/aromatic N) is 1. The standard InChI is InChI=1S/C22H33NO3/c1-2-3-4-8-14-22(25)15-19-12-9-13-20(16-22)23(19)21(24)26-17-18-10-6-5-7-11-18/h5-7,10-11,19-20,25H,2-4,8-9,12-17H2,1H3. The SMILES string of the molecule is CCCCCCC1(O)CC2CCCC(C1)N2C(=O)OCc1ccccc1. The van der Waals surface area contributed by atoms with Gasteiger partial charge in [0.15, 0.2) is 0 Å². The van der Waals surface area contributed by atoms with Gasteiger partial charge >= 0.3 is 6.09 Å². The third kappa shape index (κ3) is 4.79. The minimum Gasteiger partial charge on any atom is -0.445 e. The van der Waals surface area contributed by atoms with E-state index in [4.69, 9.17) is 4.74 Å². The molecule has 0 aliphatic carbocycles. The fourth-order valence-electron chi connectivity index (χ4n) is 4.70. The molecule has 4 heteroatoms. The number of hydrogen-bond donors (Lipinski definition) is 1. The molecule has 1 N–H and O–H groups in total. The quantitative estimate of drug-likeness (QED) is 0.694. The molecular formula is C22H33NO3. The summed E-state index contributed by atoms with van der Waals surface area (Å²) in [4.78, 5) is 14.7. The van der Waals surface area contributed by atoms with Gasteiger partial charge in [-0.3, -0.25) is 0 Å². The van der Waals surface area contributed by atoms with Gasteiger partial charge in [0.2, 0.25) is 0 Å². The van der Waals surface area contributed by atoms with Crippen LogP contribution in [-0.2, 0) is 11.3 Å². The number of aliphatic hydroxyl groups is 1. The van der Waals surface area contributed by atoms with E-state index < -0.39 is 5.60 Å². The van der Waals surface area contributed by atoms with Gasteiger partial charge in [0.05, 0.1) is 5.60 Å². The number of fused-ring (bicyclic) bond motifs is 2. The van der Waals surface area contributed by atoms with Crippen molar-refractivity contribution >= 4 is 6.09 Å². The van der Waals surface area contributed by atoms with Crippen molar-refractivity contribution in [3.05, 3.63) is 35.9 Å². The second kappa shape index (κ2) is 8.90. The summed E-state index contributed by atoms with van der Waals surface area (Å²) in [6.45, 7) is 2.52. The minimum absolute atomic E-state index is 0.127. The molecule has 2 bridgehead atoms. The van der Waals surface area contributed by atoms with E-state index in [2.05, 4.69) is 6.92 Å². The molecule has 1 aromatic rings. The first-order valence-corrected chi connectivity index (χ1v) is 10.3. The largest absolute Gasteiger partial charge is 0.445 e. The zero-order valence-corrected chi connectivity index (χ0v) is 16.0. The molecule has 2 aliphatic rings. The van der Waals surface area contributed by atoms with Crippen LogP contribution in [0.25, 0.3) is 0 Å². The van der Waals surface area contributed by atoms with Crippen LogP contribution in [0.2, 0.25) is 0 Å². The van der Waals surface area contributed by atoms with Crippen LogP contribution in [0.3, 0.4) is 0 Å². The molecule has 3 rings (SSSR count). The van der Waals surface area contributed by atoms with E-state index in [1.54, 1.807) is 0 Å². The lowest BCUT2D eigenvalue weighted by atomic mass is 9.73. The van der Waals surface area contributed by atoms with Crippen molar-refractivity contribution < 1.29 is 14.6 Å². The summed E-state index contributed by atoms with van der Waals surface area (Å²) >= 11 is 0. The fraction of sp³-hybridized carbons (Fsp3) is 0.682. The number of carbonyl (C=O) groups excluding carboxylic acids is 1. The lowest BCUT2D eigenvalue weighted by molar-refractivity contribution is -0.0899. The number of carbonyl (C=O) groups is 1. The molecule has 2 unspecified atom stereocenters. The maximum atomic E-state index is 12.7. The van der Waals surface area contributed by atoms with Crippen LogP contribution in [0.5, 0.6) is 0 Å². The number of ether oxygens (including phenoxy) is 1. The second-order valence-electron chi connectivity index (χ2n) is 8.13. The van der Waals surface area contributed by atoms with Crippen LogP contribution in [0, 0.1) is 0 Å². The van der Waals surface area contributed by atoms with Crippen molar-refractivity contribution in [2.75, 3.05) is 0 Å². The molecular weight excluding hydrogens is 326 g/mol. The Morgan fingerprint density at radius 3 is 2.50 bits per heavy atom. The van der Waals surface area contributed by atoms with Crippen molar-refractivity contribution in [2.24, 2.45) is 0 Å². The summed E-state index contributed by atoms with van der Waals surface area (Å²) in [7, 11) is 0. The van der Waals surface area contributed by atoms with Crippen LogP contribution in [0.1, 0.15) is 76.7 Å². The van der Waals surface area contributed by atoms with Crippen molar-refractivity contribution in [1.29, 1.82) is 0 Å². The fourth-order valence-corrected chi connectivity index (χ4v) is 4.70. The average Bonchev–Trinajstić information content (AvgIpc) is 2.63. The van der Waals surface area contributed by atoms with Crippen LogP contribution < -0.4 is 0 Å². The van der Waals surface area contributed by atoms with Gasteiger partial charge < -0.3 is 14.7 Å². The Bertz CT molecular complexity index is 560. The van der Waals surface area contributed by atoms with Gasteiger partial charge in [-0.25, -0.2) is 4.79 Å². The third-order valence-corrected chi connectivity index (χ3v) is 6.00. The maximum Gasteiger partial charge on any atom is 0.410 e. The van der Waals surface area contributed by atoms with Crippen LogP contribution in [-0.4, -0.2) is 33.8 Å². The van der Waals surface area contributed by atoms with E-state index in [0.717, 1.165) is 37.7 Å². The summed E-state index contributed by atoms with van der Waals surface area (Å²) in [5.74, 6) is 0. The third-order valence-electron chi connectivity index (χ3n) is 6.00. The summed E-state index contributed by atoms with van der Waals surface area (Å²) in [5.41, 5.74) is 0.412. The highest BCUT2D eigenvalue weighted by molar-refractivity contribution is 5.69. The van der Waals surface area contributed by atoms with Crippen molar-refractivity contribution in [3.63, 3.8) is 0 Å². The molecule has 2 saturated heterocycles. The monoisotopic (exact) mass is 359 g/mol. The summed E-state index contributed by atoms with van der Waals surface area (Å²) < 4.78 is 5.59. The molecule has 0 saturated carbocycles. The second-order valence-corrected chi connectivity index (χ2v) is 8.13. The zero-order valence-electron chi connectivity index (χ0n) is 16.0. The average molecular weight is 360 g/mol. The molecule has 2 aliphatic heterocycles. The van der Waals surface area contributed by atoms with Crippen LogP contribution in [0.4, 0.5) is 4.79 Å². The Labute approximate surface area is 157 Å². The Hall–Kier alpha value is -1.55. The molecule has 0 aromatic heterocycles. The van der Waals surface area contributed by atoms with Crippen molar-refractivity contribution in [3.8, 4) is 0 Å². The van der Waals surface area contributed by atoms with Gasteiger partial charge in [0, 0.05) is 12.1 Å². The van der Waals surface area contributed by atoms with Gasteiger partial charge in [-0.05, 0) is 44.1 Å². The van der Waals surface area contributed by atoms with Crippen molar-refractivity contribution in [2.45, 2.75) is 95.4 Å². The molecule has 1 amide bonds. The number of amides is 1. The lowest BCUT2D eigenvalue weighted by Gasteiger charge is -2.51. The molecule has 0 spiro atoms. The molecule has 2 heterocycles. The van der Waals surface area contributed by atoms with E-state index in [1.807, 2.05) is 35.2 Å². The predicted octanol–water partition coefficient (Wildman–Crippen LogP) is 5.04. The normalized spacial score (nSPS) is 28.0. The van der Waals surface area contributed by atoms with E-state index in [-0.39, 0.29) is 18.2 Å². The van der Waals surface area contributed by atoms with E-state index >= 15 is 0 Å². The van der Waals surface area contributed by atoms with Gasteiger partial charge in [-0.2, -0.15) is 0 Å². The Kier molecular flexibility index (Phi) is 6.58. The summed E-state index contributed by atoms with van der Waals surface area (Å²) in [5, 5.41) is 11.1. The maximum absolute atomic E-state index is 12.7. The van der Waals surface area contributed by atoms with Gasteiger partial charge in [-0.15, -0.1) is 0 Å². The molecule has 2 fully saturated rings. The van der Waals surface area contributed by atoms with Crippen LogP contribution in [0.15, 0.2) is 30.3 Å². The predicted molar refractivity (Wildman–Crippen MR) is 103 cm³/mol. The molecule has 2 atom stereocenters. The number of unbranched alkanes of at least 4 members (excludes halogenated alkanes) is 3. The van der Waals surface area contributed by atoms with Gasteiger partial charge in [-0.1, -0.05) is 62.9 Å². The molecule has 1 aromatic carbocycles. The van der Waals surface area contributed by atoms with E-state index in [0.29, 0.717) is 19.4 Å². The molecule has 4 nitrogen and oxygen atoms in total. The molecule has 26 heavy (non-hydrogen) atoms. The first-order chi connectivity index (χ1) is 12.6. The highest BCUT2D eigenvalue weighted by Crippen LogP contribution is 2.41. The summed E-state index contributed by atoms with van der Waals surface area (Å²) in [6.07, 6.45) is 9.90. The Morgan fingerprint density at radius 2 is 1.85 bits per heavy atom. The van der Waals surface area contributed by atoms with E-state index in [1.165, 1.54) is 19.3 Å². The van der Waals surface area contributed by atoms with E-state index in [9.17, 15) is 9.90 Å². The van der Waals surface area contributed by atoms with Crippen LogP contribution >= 0.6 is 0 Å². The first-order valence-electron chi connectivity index (χ1n) is 10.3. The van der Waals surface area contributed by atoms with Gasteiger partial charge in [0.25, 0.3) is 0 Å². The lowest BCUT2D eigenvalue weighted by Crippen LogP contribution is -2.59. The Balaban J connectivity index is 1.57. The topological polar surface area (TPSA) is 49.8 Å². The Morgan fingerprint density at radius 1 is 1.15 bits per heavy atom. The smallest absolute Gasteiger partial charge is 0.410 e. The molecule has 144 valence electrons. The number of benzene rings is 1. The highest BCUT2D eigenvalue weighted by Gasteiger charge is 2.47. The number of piperidine rings is 2. The van der Waals surface area contributed by atoms with Crippen molar-refractivity contribution in [1.82, 2.24) is 4.90 Å². The first kappa shape index (κ1) is 19.2.